The minimum atomic E-state index is 0. The first-order valence-corrected chi connectivity index (χ1v) is 27.6. The second-order valence-electron chi connectivity index (χ2n) is 18.8. The molecule has 2 aromatic heterocycles. The van der Waals surface area contributed by atoms with Gasteiger partial charge in [-0.1, -0.05) is 37.1 Å². The van der Waals surface area contributed by atoms with E-state index >= 15 is 0 Å². The Morgan fingerprint density at radius 3 is 1.16 bits per heavy atom. The van der Waals surface area contributed by atoms with Crippen LogP contribution in [0.2, 0.25) is 0 Å². The van der Waals surface area contributed by atoms with Gasteiger partial charge in [0.25, 0.3) is 0 Å². The van der Waals surface area contributed by atoms with Crippen molar-refractivity contribution in [1.82, 2.24) is 34.7 Å². The molecule has 1 radical (unpaired) electrons. The molecule has 3 aromatic rings. The number of aryl methyl sites for hydroxylation is 2. The first-order chi connectivity index (χ1) is 37.8. The summed E-state index contributed by atoms with van der Waals surface area (Å²) < 4.78 is 57.4. The minimum Gasteiger partial charge on any atom is -1.00 e. The fourth-order valence-corrected chi connectivity index (χ4v) is 9.28. The van der Waals surface area contributed by atoms with E-state index in [1.54, 1.807) is 26.6 Å². The average Bonchev–Trinajstić information content (AvgIpc) is 4.28. The van der Waals surface area contributed by atoms with Crippen molar-refractivity contribution in [3.63, 3.8) is 0 Å². The van der Waals surface area contributed by atoms with E-state index in [1.165, 1.54) is 11.1 Å². The summed E-state index contributed by atoms with van der Waals surface area (Å²) in [6.07, 6.45) is 7.61. The van der Waals surface area contributed by atoms with Crippen molar-refractivity contribution < 1.29 is 168 Å². The number of aliphatic hydroxyl groups is 2. The van der Waals surface area contributed by atoms with Crippen molar-refractivity contribution in [1.29, 1.82) is 0 Å². The molecule has 6 bridgehead atoms. The Labute approximate surface area is 563 Å². The number of fused-ring (bicyclic) bond motifs is 7. The van der Waals surface area contributed by atoms with Gasteiger partial charge in [-0.3, -0.25) is 19.8 Å². The summed E-state index contributed by atoms with van der Waals surface area (Å²) in [6, 6.07) is 7.83. The molecule has 471 valence electrons. The molecule has 3 aliphatic heterocycles. The summed E-state index contributed by atoms with van der Waals surface area (Å²) >= 11 is 0. The summed E-state index contributed by atoms with van der Waals surface area (Å²) in [4.78, 5) is 30.5. The van der Waals surface area contributed by atoms with Gasteiger partial charge in [0.15, 0.2) is 11.5 Å². The van der Waals surface area contributed by atoms with Crippen molar-refractivity contribution in [3.8, 4) is 11.5 Å². The fraction of sp³-hybridized carbons (Fsp3) is 0.621. The van der Waals surface area contributed by atoms with Crippen molar-refractivity contribution in [2.75, 3.05) is 172 Å². The molecule has 0 atom stereocenters. The van der Waals surface area contributed by atoms with E-state index in [-0.39, 0.29) is 137 Å². The van der Waals surface area contributed by atoms with Crippen molar-refractivity contribution >= 4 is 44.4 Å². The van der Waals surface area contributed by atoms with E-state index in [2.05, 4.69) is 49.6 Å². The number of aliphatic hydroxyl groups excluding tert-OH is 2. The average molecular weight is 1570 g/mol. The van der Waals surface area contributed by atoms with Crippen LogP contribution in [0.4, 0.5) is 0 Å². The van der Waals surface area contributed by atoms with Gasteiger partial charge in [0.05, 0.1) is 139 Å². The summed E-state index contributed by atoms with van der Waals surface area (Å²) in [5.74, 6) is 0.930. The van der Waals surface area contributed by atoms with Crippen LogP contribution in [0.1, 0.15) is 87.3 Å². The third-order valence-corrected chi connectivity index (χ3v) is 13.6. The van der Waals surface area contributed by atoms with Crippen LogP contribution in [0.25, 0.3) is 44.4 Å². The Morgan fingerprint density at radius 2 is 0.819 bits per heavy atom. The standard InChI is InChI=1S/C58H86N7O12.4ClH.Gd.Pt/c1-7-45-46(8-2)50-38-52-48(12-10-20-67)44(4)56(63-52)42-60-54-40-58(77-36-34-75-32-31-73-26-24-69-6)57(39-53(54)59-41-55-43(3)47(11-9-19-66)51(62-55)37-49(45)61-50)76-35-33-74-30-28-71-22-18-65-15-13-64(14-16-65)17-21-70-27-29-72-25-23-68-5;;;;;;/h37-42,66-67H,7-36H2,1-6H3;4*1H;;/q-1;;;;;+3;+2/p-4. The van der Waals surface area contributed by atoms with Gasteiger partial charge in [0.2, 0.25) is 0 Å². The molecule has 3 aliphatic rings. The van der Waals surface area contributed by atoms with E-state index < -0.39 is 0 Å². The summed E-state index contributed by atoms with van der Waals surface area (Å²) in [7, 11) is 3.31. The molecular formula is C58H86Cl4GdN7O12Pt. The normalized spacial score (nSPS) is 13.3. The van der Waals surface area contributed by atoms with Crippen LogP contribution >= 0.6 is 0 Å². The van der Waals surface area contributed by atoms with Crippen molar-refractivity contribution in [2.45, 2.75) is 66.2 Å². The van der Waals surface area contributed by atoms with Gasteiger partial charge < -0.3 is 112 Å². The summed E-state index contributed by atoms with van der Waals surface area (Å²) in [5.41, 5.74) is 12.2. The maximum atomic E-state index is 9.93. The maximum absolute atomic E-state index is 9.93. The number of methoxy groups -OCH3 is 2. The van der Waals surface area contributed by atoms with Gasteiger partial charge in [0, 0.05) is 78.8 Å². The van der Waals surface area contributed by atoms with Gasteiger partial charge in [-0.2, -0.15) is 0 Å². The molecule has 0 aliphatic carbocycles. The molecule has 25 heteroatoms. The van der Waals surface area contributed by atoms with Crippen LogP contribution in [0.3, 0.4) is 0 Å². The van der Waals surface area contributed by atoms with Crippen LogP contribution in [-0.4, -0.2) is 212 Å². The molecule has 1 saturated heterocycles. The molecule has 2 N–H and O–H groups in total. The zero-order valence-electron chi connectivity index (χ0n) is 49.0. The van der Waals surface area contributed by atoms with E-state index in [0.717, 1.165) is 96.8 Å². The van der Waals surface area contributed by atoms with Crippen LogP contribution in [0, 0.1) is 39.9 Å². The third-order valence-electron chi connectivity index (χ3n) is 13.6. The smallest absolute Gasteiger partial charge is 1.00 e. The summed E-state index contributed by atoms with van der Waals surface area (Å²) in [5, 5.41) is 19.9. The van der Waals surface area contributed by atoms with E-state index in [0.29, 0.717) is 152 Å². The second-order valence-corrected chi connectivity index (χ2v) is 18.8. The van der Waals surface area contributed by atoms with E-state index in [1.807, 2.05) is 12.1 Å². The van der Waals surface area contributed by atoms with Crippen LogP contribution < -0.4 is 64.1 Å². The first-order valence-electron chi connectivity index (χ1n) is 27.6. The van der Waals surface area contributed by atoms with Gasteiger partial charge >= 0.3 is 61.0 Å². The molecule has 19 nitrogen and oxygen atoms in total. The number of allylic oxidation sites excluding steroid dienone is 4. The number of hydrogen-bond donors (Lipinski definition) is 2. The Kier molecular flexibility index (Phi) is 46.5. The van der Waals surface area contributed by atoms with Gasteiger partial charge in [-0.05, 0) is 74.7 Å². The largest absolute Gasteiger partial charge is 3.00 e. The van der Waals surface area contributed by atoms with Crippen LogP contribution in [0.5, 0.6) is 11.5 Å². The quantitative estimate of drug-likeness (QED) is 0.0517. The number of halogens is 4. The van der Waals surface area contributed by atoms with Gasteiger partial charge in [-0.15, -0.1) is 11.0 Å². The Morgan fingerprint density at radius 1 is 0.482 bits per heavy atom. The minimum absolute atomic E-state index is 0. The topological polar surface area (TPSA) is 205 Å². The monoisotopic (exact) mass is 1570 g/mol. The number of ether oxygens (including phenoxy) is 10. The molecule has 83 heavy (non-hydrogen) atoms. The van der Waals surface area contributed by atoms with Gasteiger partial charge in [-0.25, -0.2) is 9.97 Å². The Hall–Kier alpha value is -1.57. The molecule has 0 unspecified atom stereocenters. The fourth-order valence-electron chi connectivity index (χ4n) is 9.28. The number of benzene rings is 1. The molecule has 0 amide bonds. The molecule has 0 saturated carbocycles. The maximum Gasteiger partial charge on any atom is 3.00 e. The number of nitrogens with zero attached hydrogens (tertiary/aromatic N) is 7. The van der Waals surface area contributed by atoms with E-state index in [4.69, 9.17) is 72.3 Å². The van der Waals surface area contributed by atoms with Crippen LogP contribution in [-0.2, 0) is 71.8 Å². The SMILES string of the molecule is CCc1c(CC)c2cc3nc(cnc4cc(OCCOCCOCCN5CCN(CCOCCOCCOC)CC5)c(OCCOCCOCCOC)cc4ncc4nc(cc1[n-]2)C(CCCO)=C4C)C(C)=C3CCCO.[Cl-].[Cl-].[Cl-].[Cl-].[Gd+3].[Pt+2]. The molecule has 0 spiro atoms. The molecule has 6 rings (SSSR count). The van der Waals surface area contributed by atoms with Gasteiger partial charge in [0.1, 0.15) is 13.2 Å². The first kappa shape index (κ1) is 81.4. The Bertz CT molecular complexity index is 2550. The predicted octanol–water partition coefficient (Wildman–Crippen LogP) is -5.72. The van der Waals surface area contributed by atoms with E-state index in [9.17, 15) is 10.2 Å². The second kappa shape index (κ2) is 47.4. The van der Waals surface area contributed by atoms with Crippen molar-refractivity contribution in [2.24, 2.45) is 0 Å². The Balaban J connectivity index is 0.0000112. The number of piperazine rings is 1. The van der Waals surface area contributed by atoms with Crippen LogP contribution in [0.15, 0.2) is 36.7 Å². The third kappa shape index (κ3) is 27.0. The molecule has 1 fully saturated rings. The molecular weight excluding hydrogens is 1480 g/mol. The van der Waals surface area contributed by atoms with Crippen molar-refractivity contribution in [3.05, 3.63) is 70.6 Å². The number of hydrogen-bond acceptors (Lipinski definition) is 18. The zero-order valence-corrected chi connectivity index (χ0v) is 56.5. The zero-order chi connectivity index (χ0) is 54.5. The summed E-state index contributed by atoms with van der Waals surface area (Å²) in [6.45, 7) is 22.0. The number of aromatic nitrogens is 5. The molecule has 1 aromatic carbocycles. The number of rotatable bonds is 37. The molecule has 5 heterocycles. The predicted molar refractivity (Wildman–Crippen MR) is 299 cm³/mol.